The first-order valence-electron chi connectivity index (χ1n) is 9.67. The van der Waals surface area contributed by atoms with E-state index in [4.69, 9.17) is 0 Å². The van der Waals surface area contributed by atoms with Gasteiger partial charge >= 0.3 is 6.03 Å². The van der Waals surface area contributed by atoms with Crippen LogP contribution in [0.1, 0.15) is 44.3 Å². The highest BCUT2D eigenvalue weighted by atomic mass is 16.3. The van der Waals surface area contributed by atoms with Crippen molar-refractivity contribution in [1.29, 1.82) is 0 Å². The molecule has 0 atom stereocenters. The van der Waals surface area contributed by atoms with Gasteiger partial charge in [0.05, 0.1) is 17.1 Å². The van der Waals surface area contributed by atoms with Crippen LogP contribution in [0.25, 0.3) is 22.2 Å². The van der Waals surface area contributed by atoms with Crippen molar-refractivity contribution >= 4 is 23.0 Å². The predicted octanol–water partition coefficient (Wildman–Crippen LogP) is 3.18. The summed E-state index contributed by atoms with van der Waals surface area (Å²) in [6.45, 7) is 2.41. The Labute approximate surface area is 162 Å². The lowest BCUT2D eigenvalue weighted by molar-refractivity contribution is 0.121. The molecule has 0 saturated heterocycles. The Morgan fingerprint density at radius 3 is 2.64 bits per heavy atom. The molecule has 1 aliphatic carbocycles. The van der Waals surface area contributed by atoms with Gasteiger partial charge in [-0.25, -0.2) is 19.7 Å². The van der Waals surface area contributed by atoms with Gasteiger partial charge in [-0.1, -0.05) is 6.07 Å². The molecule has 1 fully saturated rings. The second kappa shape index (κ2) is 7.93. The van der Waals surface area contributed by atoms with Gasteiger partial charge in [-0.05, 0) is 50.3 Å². The van der Waals surface area contributed by atoms with E-state index in [0.29, 0.717) is 18.4 Å². The fourth-order valence-corrected chi connectivity index (χ4v) is 3.59. The number of aliphatic hydroxyl groups excluding tert-OH is 1. The maximum atomic E-state index is 11.6. The molecule has 1 aliphatic rings. The van der Waals surface area contributed by atoms with Gasteiger partial charge in [-0.2, -0.15) is 0 Å². The van der Waals surface area contributed by atoms with Crippen LogP contribution in [0.5, 0.6) is 0 Å². The van der Waals surface area contributed by atoms with E-state index >= 15 is 0 Å². The third kappa shape index (κ3) is 3.96. The van der Waals surface area contributed by atoms with Crippen molar-refractivity contribution in [2.75, 3.05) is 11.9 Å². The number of fused-ring (bicyclic) bond motifs is 1. The van der Waals surface area contributed by atoms with E-state index in [1.165, 1.54) is 0 Å². The normalized spacial score (nSPS) is 19.5. The molecule has 8 nitrogen and oxygen atoms in total. The molecule has 0 unspecified atom stereocenters. The van der Waals surface area contributed by atoms with E-state index in [-0.39, 0.29) is 12.1 Å². The van der Waals surface area contributed by atoms with Crippen LogP contribution in [0.2, 0.25) is 0 Å². The summed E-state index contributed by atoms with van der Waals surface area (Å²) in [5.74, 6) is 1.59. The van der Waals surface area contributed by atoms with Crippen LogP contribution in [0.15, 0.2) is 30.6 Å². The average molecular weight is 380 g/mol. The number of hydrogen-bond donors (Lipinski definition) is 4. The zero-order valence-electron chi connectivity index (χ0n) is 15.8. The summed E-state index contributed by atoms with van der Waals surface area (Å²) < 4.78 is 0. The summed E-state index contributed by atoms with van der Waals surface area (Å²) in [7, 11) is 0. The molecular formula is C20H24N6O2. The monoisotopic (exact) mass is 380 g/mol. The first-order valence-corrected chi connectivity index (χ1v) is 9.67. The molecule has 1 aromatic carbocycles. The van der Waals surface area contributed by atoms with Crippen LogP contribution in [0.4, 0.5) is 10.7 Å². The lowest BCUT2D eigenvalue weighted by Crippen LogP contribution is -2.28. The second-order valence-electron chi connectivity index (χ2n) is 7.14. The molecule has 0 radical (unpaired) electrons. The fourth-order valence-electron chi connectivity index (χ4n) is 3.59. The minimum atomic E-state index is -0.291. The van der Waals surface area contributed by atoms with Crippen molar-refractivity contribution in [3.63, 3.8) is 0 Å². The van der Waals surface area contributed by atoms with Gasteiger partial charge in [0.25, 0.3) is 0 Å². The lowest BCUT2D eigenvalue weighted by atomic mass is 9.87. The molecule has 146 valence electrons. The number of carbonyl (C=O) groups excluding carboxylic acids is 1. The van der Waals surface area contributed by atoms with Gasteiger partial charge in [0.1, 0.15) is 5.82 Å². The zero-order chi connectivity index (χ0) is 19.5. The molecule has 1 saturated carbocycles. The van der Waals surface area contributed by atoms with Crippen LogP contribution < -0.4 is 10.6 Å². The quantitative estimate of drug-likeness (QED) is 0.555. The topological polar surface area (TPSA) is 116 Å². The van der Waals surface area contributed by atoms with Crippen LogP contribution in [0, 0.1) is 0 Å². The van der Waals surface area contributed by atoms with Gasteiger partial charge in [0.15, 0.2) is 0 Å². The van der Waals surface area contributed by atoms with Crippen molar-refractivity contribution in [3.05, 3.63) is 36.4 Å². The maximum Gasteiger partial charge on any atom is 0.321 e. The highest BCUT2D eigenvalue weighted by Crippen LogP contribution is 2.31. The fraction of sp³-hybridized carbons (Fsp3) is 0.400. The number of rotatable bonds is 4. The number of amides is 2. The molecule has 0 bridgehead atoms. The Balaban J connectivity index is 1.51. The molecule has 0 aliphatic heterocycles. The van der Waals surface area contributed by atoms with E-state index in [2.05, 4.69) is 30.6 Å². The standard InChI is InChI=1S/C20H24N6O2/c1-2-21-20(28)26-19-24-16-8-5-13(9-17(16)25-19)14-10-22-18(23-11-14)12-3-6-15(27)7-4-12/h5,8-12,15,27H,2-4,6-7H2,1H3,(H3,21,24,25,26,28). The molecule has 28 heavy (non-hydrogen) atoms. The Kier molecular flexibility index (Phi) is 5.21. The molecule has 4 rings (SSSR count). The molecule has 4 N–H and O–H groups in total. The lowest BCUT2D eigenvalue weighted by Gasteiger charge is -2.24. The number of aromatic nitrogens is 4. The van der Waals surface area contributed by atoms with Crippen molar-refractivity contribution in [2.45, 2.75) is 44.6 Å². The van der Waals surface area contributed by atoms with E-state index < -0.39 is 0 Å². The Hall–Kier alpha value is -3.00. The summed E-state index contributed by atoms with van der Waals surface area (Å²) >= 11 is 0. The first-order chi connectivity index (χ1) is 13.6. The summed E-state index contributed by atoms with van der Waals surface area (Å²) in [5, 5.41) is 15.0. The van der Waals surface area contributed by atoms with Crippen molar-refractivity contribution in [2.24, 2.45) is 0 Å². The molecule has 2 heterocycles. The number of aromatic amines is 1. The Morgan fingerprint density at radius 2 is 1.93 bits per heavy atom. The smallest absolute Gasteiger partial charge is 0.321 e. The average Bonchev–Trinajstić information content (AvgIpc) is 3.10. The molecule has 2 amide bonds. The first kappa shape index (κ1) is 18.4. The van der Waals surface area contributed by atoms with Crippen molar-refractivity contribution in [3.8, 4) is 11.1 Å². The zero-order valence-corrected chi connectivity index (χ0v) is 15.8. The minimum absolute atomic E-state index is 0.177. The maximum absolute atomic E-state index is 11.6. The number of H-pyrrole nitrogens is 1. The van der Waals surface area contributed by atoms with Gasteiger partial charge in [0, 0.05) is 30.4 Å². The number of anilines is 1. The van der Waals surface area contributed by atoms with Crippen LogP contribution >= 0.6 is 0 Å². The van der Waals surface area contributed by atoms with E-state index in [9.17, 15) is 9.90 Å². The SMILES string of the molecule is CCNC(=O)Nc1nc2ccc(-c3cnc(C4CCC(O)CC4)nc3)cc2[nH]1. The van der Waals surface area contributed by atoms with Gasteiger partial charge in [-0.15, -0.1) is 0 Å². The van der Waals surface area contributed by atoms with Crippen LogP contribution in [0.3, 0.4) is 0 Å². The van der Waals surface area contributed by atoms with Gasteiger partial charge < -0.3 is 15.4 Å². The van der Waals surface area contributed by atoms with Crippen LogP contribution in [-0.4, -0.2) is 43.7 Å². The molecule has 8 heteroatoms. The van der Waals surface area contributed by atoms with Crippen molar-refractivity contribution < 1.29 is 9.90 Å². The van der Waals surface area contributed by atoms with E-state index in [1.807, 2.05) is 37.5 Å². The number of carbonyl (C=O) groups is 1. The summed E-state index contributed by atoms with van der Waals surface area (Å²) in [5.41, 5.74) is 3.50. The molecule has 0 spiro atoms. The van der Waals surface area contributed by atoms with Gasteiger partial charge in [-0.3, -0.25) is 5.32 Å². The Morgan fingerprint density at radius 1 is 1.18 bits per heavy atom. The second-order valence-corrected chi connectivity index (χ2v) is 7.14. The van der Waals surface area contributed by atoms with Crippen molar-refractivity contribution in [1.82, 2.24) is 25.3 Å². The van der Waals surface area contributed by atoms with Crippen LogP contribution in [-0.2, 0) is 0 Å². The predicted molar refractivity (Wildman–Crippen MR) is 107 cm³/mol. The third-order valence-electron chi connectivity index (χ3n) is 5.12. The minimum Gasteiger partial charge on any atom is -0.393 e. The molecule has 3 aromatic rings. The van der Waals surface area contributed by atoms with E-state index in [1.54, 1.807) is 0 Å². The number of imidazole rings is 1. The number of nitrogens with one attached hydrogen (secondary N) is 3. The largest absolute Gasteiger partial charge is 0.393 e. The van der Waals surface area contributed by atoms with E-state index in [0.717, 1.165) is 53.7 Å². The highest BCUT2D eigenvalue weighted by molar-refractivity contribution is 5.90. The number of hydrogen-bond acceptors (Lipinski definition) is 5. The number of benzene rings is 1. The third-order valence-corrected chi connectivity index (χ3v) is 5.12. The highest BCUT2D eigenvalue weighted by Gasteiger charge is 2.22. The number of nitrogens with zero attached hydrogens (tertiary/aromatic N) is 3. The number of urea groups is 1. The summed E-state index contributed by atoms with van der Waals surface area (Å²) in [6.07, 6.45) is 7.02. The number of aliphatic hydroxyl groups is 1. The Bertz CT molecular complexity index is 960. The summed E-state index contributed by atoms with van der Waals surface area (Å²) in [6, 6.07) is 5.55. The van der Waals surface area contributed by atoms with Gasteiger partial charge in [0.2, 0.25) is 5.95 Å². The molecular weight excluding hydrogens is 356 g/mol. The molecule has 2 aromatic heterocycles. The summed E-state index contributed by atoms with van der Waals surface area (Å²) in [4.78, 5) is 28.3.